The molecule has 0 aliphatic heterocycles. The summed E-state index contributed by atoms with van der Waals surface area (Å²) >= 11 is 0. The van der Waals surface area contributed by atoms with E-state index in [1.807, 2.05) is 97.1 Å². The van der Waals surface area contributed by atoms with Gasteiger partial charge in [-0.2, -0.15) is 0 Å². The third-order valence-corrected chi connectivity index (χ3v) is 17.9. The molecule has 93 heavy (non-hydrogen) atoms. The molecule has 0 N–H and O–H groups in total. The lowest BCUT2D eigenvalue weighted by molar-refractivity contribution is 0.414. The summed E-state index contributed by atoms with van der Waals surface area (Å²) in [7, 11) is 13.6. The van der Waals surface area contributed by atoms with Gasteiger partial charge in [0.1, 0.15) is 46.0 Å². The highest BCUT2D eigenvalue weighted by Gasteiger charge is 2.53. The predicted octanol–water partition coefficient (Wildman–Crippen LogP) is 20.0. The van der Waals surface area contributed by atoms with Gasteiger partial charge in [0.05, 0.1) is 85.0 Å². The van der Waals surface area contributed by atoms with Crippen molar-refractivity contribution in [3.05, 3.63) is 289 Å². The summed E-state index contributed by atoms with van der Waals surface area (Å²) in [5.41, 5.74) is 18.3. The molecule has 0 radical (unpaired) electrons. The van der Waals surface area contributed by atoms with Crippen LogP contribution in [0.5, 0.6) is 46.0 Å². The van der Waals surface area contributed by atoms with Crippen LogP contribution in [0.4, 0.5) is 68.2 Å². The second-order valence-electron chi connectivity index (χ2n) is 22.5. The molecule has 0 aromatic heterocycles. The highest BCUT2D eigenvalue weighted by molar-refractivity contribution is 6.00. The van der Waals surface area contributed by atoms with E-state index < -0.39 is 5.41 Å². The van der Waals surface area contributed by atoms with Crippen molar-refractivity contribution in [1.82, 2.24) is 0 Å². The zero-order chi connectivity index (χ0) is 63.7. The molecule has 12 aromatic carbocycles. The van der Waals surface area contributed by atoms with Crippen LogP contribution in [0.1, 0.15) is 22.3 Å². The van der Waals surface area contributed by atoms with Crippen molar-refractivity contribution < 1.29 is 37.9 Å². The fourth-order valence-corrected chi connectivity index (χ4v) is 13.6. The summed E-state index contributed by atoms with van der Waals surface area (Å²) < 4.78 is 48.0. The lowest BCUT2D eigenvalue weighted by Crippen LogP contribution is -2.27. The summed E-state index contributed by atoms with van der Waals surface area (Å²) in [6, 6.07) is 93.1. The van der Waals surface area contributed by atoms with Crippen molar-refractivity contribution in [1.29, 1.82) is 0 Å². The summed E-state index contributed by atoms with van der Waals surface area (Å²) in [6.07, 6.45) is 0. The first-order chi connectivity index (χ1) is 45.7. The molecule has 12 heteroatoms. The second-order valence-corrected chi connectivity index (χ2v) is 22.5. The minimum absolute atomic E-state index is 0.710. The van der Waals surface area contributed by atoms with E-state index in [1.54, 1.807) is 56.9 Å². The lowest BCUT2D eigenvalue weighted by Gasteiger charge is -2.35. The van der Waals surface area contributed by atoms with Gasteiger partial charge in [0.2, 0.25) is 0 Å². The average Bonchev–Trinajstić information content (AvgIpc) is 1.51. The minimum atomic E-state index is -1.06. The molecule has 2 aliphatic rings. The van der Waals surface area contributed by atoms with E-state index in [2.05, 4.69) is 189 Å². The molecule has 12 aromatic rings. The third kappa shape index (κ3) is 10.1. The average molecular weight is 1230 g/mol. The van der Waals surface area contributed by atoms with Crippen molar-refractivity contribution in [2.75, 3.05) is 76.5 Å². The first-order valence-electron chi connectivity index (χ1n) is 30.6. The fraction of sp³-hybridized carbons (Fsp3) is 0.111. The van der Waals surface area contributed by atoms with Crippen LogP contribution in [0.15, 0.2) is 267 Å². The molecule has 0 amide bonds. The van der Waals surface area contributed by atoms with Gasteiger partial charge in [-0.15, -0.1) is 0 Å². The van der Waals surface area contributed by atoms with Crippen LogP contribution in [-0.2, 0) is 5.41 Å². The van der Waals surface area contributed by atoms with E-state index in [9.17, 15) is 0 Å². The number of rotatable bonds is 20. The normalized spacial score (nSPS) is 12.0. The number of anilines is 12. The molecule has 12 nitrogen and oxygen atoms in total. The number of para-hydroxylation sites is 8. The molecule has 1 spiro atoms. The predicted molar refractivity (Wildman–Crippen MR) is 374 cm³/mol. The van der Waals surface area contributed by atoms with Crippen LogP contribution < -0.4 is 57.5 Å². The second kappa shape index (κ2) is 24.9. The van der Waals surface area contributed by atoms with Crippen molar-refractivity contribution in [3.8, 4) is 68.2 Å². The lowest BCUT2D eigenvalue weighted by atomic mass is 9.70. The zero-order valence-corrected chi connectivity index (χ0v) is 53.0. The van der Waals surface area contributed by atoms with Gasteiger partial charge in [-0.25, -0.2) is 0 Å². The molecular weight excluding hydrogens is 1160 g/mol. The van der Waals surface area contributed by atoms with E-state index in [-0.39, 0.29) is 0 Å². The Hall–Kier alpha value is -11.8. The molecule has 0 atom stereocenters. The topological polar surface area (TPSA) is 86.8 Å². The van der Waals surface area contributed by atoms with E-state index in [0.29, 0.717) is 23.0 Å². The van der Waals surface area contributed by atoms with Crippen LogP contribution in [0.2, 0.25) is 0 Å². The Kier molecular flexibility index (Phi) is 15.8. The largest absolute Gasteiger partial charge is 0.497 e. The quantitative estimate of drug-likeness (QED) is 0.0728. The summed E-state index contributed by atoms with van der Waals surface area (Å²) in [5.74, 6) is 5.82. The van der Waals surface area contributed by atoms with Crippen molar-refractivity contribution in [2.24, 2.45) is 0 Å². The number of hydrogen-bond donors (Lipinski definition) is 0. The molecule has 0 saturated carbocycles. The van der Waals surface area contributed by atoms with Gasteiger partial charge in [-0.1, -0.05) is 72.8 Å². The van der Waals surface area contributed by atoms with Crippen LogP contribution in [0.3, 0.4) is 0 Å². The highest BCUT2D eigenvalue weighted by atomic mass is 16.5. The molecular formula is C81H68N4O8. The monoisotopic (exact) mass is 1220 g/mol. The van der Waals surface area contributed by atoms with Gasteiger partial charge in [0.25, 0.3) is 0 Å². The molecule has 460 valence electrons. The Labute approximate surface area is 542 Å². The van der Waals surface area contributed by atoms with E-state index in [4.69, 9.17) is 37.9 Å². The van der Waals surface area contributed by atoms with Gasteiger partial charge in [-0.05, 0) is 239 Å². The Morgan fingerprint density at radius 1 is 0.204 bits per heavy atom. The fourth-order valence-electron chi connectivity index (χ4n) is 13.6. The van der Waals surface area contributed by atoms with Gasteiger partial charge in [-0.3, -0.25) is 0 Å². The summed E-state index contributed by atoms with van der Waals surface area (Å²) in [6.45, 7) is 0. The van der Waals surface area contributed by atoms with Gasteiger partial charge < -0.3 is 57.5 Å². The number of hydrogen-bond acceptors (Lipinski definition) is 12. The first kappa shape index (κ1) is 58.9. The van der Waals surface area contributed by atoms with Crippen LogP contribution in [0.25, 0.3) is 22.3 Å². The number of methoxy groups -OCH3 is 8. The molecule has 0 bridgehead atoms. The maximum atomic E-state index is 6.23. The van der Waals surface area contributed by atoms with E-state index in [1.165, 1.54) is 0 Å². The maximum absolute atomic E-state index is 6.23. The summed E-state index contributed by atoms with van der Waals surface area (Å²) in [5, 5.41) is 0. The number of ether oxygens (including phenoxy) is 8. The Morgan fingerprint density at radius 2 is 0.398 bits per heavy atom. The van der Waals surface area contributed by atoms with Gasteiger partial charge in [0, 0.05) is 45.5 Å². The van der Waals surface area contributed by atoms with Gasteiger partial charge in [0.15, 0.2) is 0 Å². The Morgan fingerprint density at radius 3 is 0.591 bits per heavy atom. The molecule has 0 heterocycles. The van der Waals surface area contributed by atoms with Crippen molar-refractivity contribution in [2.45, 2.75) is 5.41 Å². The smallest absolute Gasteiger partial charge is 0.142 e. The Balaban J connectivity index is 1.12. The third-order valence-electron chi connectivity index (χ3n) is 17.9. The standard InChI is InChI=1S/C81H68N4O8/c1-86-61-37-25-53(26-38-61)82(73-17-9-13-21-77(73)90-5)57-33-45-65-66-46-34-58(83(54-27-39-62(87-2)40-28-54)74-18-10-14-22-78(74)91-6)50-70(66)81(69(65)49-57)71-51-59(84(55-29-41-63(88-3)42-30-55)75-19-11-15-23-79(75)92-7)35-47-67(71)68-48-36-60(52-72(68)81)85(56-31-43-64(89-4)44-32-56)76-20-12-16-24-80(76)93-8/h9-52H,1-8H3. The molecule has 2 aliphatic carbocycles. The maximum Gasteiger partial charge on any atom is 0.142 e. The zero-order valence-electron chi connectivity index (χ0n) is 53.0. The van der Waals surface area contributed by atoms with Crippen molar-refractivity contribution in [3.63, 3.8) is 0 Å². The van der Waals surface area contributed by atoms with E-state index >= 15 is 0 Å². The molecule has 0 saturated heterocycles. The minimum Gasteiger partial charge on any atom is -0.497 e. The SMILES string of the molecule is COc1ccc(N(c2ccc3c(c2)C2(c4cc(N(c5ccc(OC)cc5)c5ccccc5OC)ccc4-3)c3cc(N(c4ccc(OC)cc4)c4ccccc4OC)ccc3-c3ccc(N(c4ccc(OC)cc4)c4ccccc4OC)cc32)c2ccccc2OC)cc1. The molecule has 14 rings (SSSR count). The number of benzene rings is 12. The van der Waals surface area contributed by atoms with Crippen molar-refractivity contribution >= 4 is 68.2 Å². The van der Waals surface area contributed by atoms with Crippen LogP contribution in [-0.4, -0.2) is 56.9 Å². The van der Waals surface area contributed by atoms with Crippen LogP contribution in [0, 0.1) is 0 Å². The number of fused-ring (bicyclic) bond motifs is 10. The van der Waals surface area contributed by atoms with Crippen LogP contribution >= 0.6 is 0 Å². The Bertz CT molecular complexity index is 4110. The highest BCUT2D eigenvalue weighted by Crippen LogP contribution is 2.66. The first-order valence-corrected chi connectivity index (χ1v) is 30.6. The van der Waals surface area contributed by atoms with E-state index in [0.717, 1.165) is 136 Å². The number of nitrogens with zero attached hydrogens (tertiary/aromatic N) is 4. The van der Waals surface area contributed by atoms with Gasteiger partial charge >= 0.3 is 0 Å². The molecule has 0 unspecified atom stereocenters. The molecule has 0 fully saturated rings. The summed E-state index contributed by atoms with van der Waals surface area (Å²) in [4.78, 5) is 9.10.